The number of carbonyl (C=O) groups is 2. The number of pyridine rings is 1. The van der Waals surface area contributed by atoms with E-state index in [1.54, 1.807) is 6.20 Å². The van der Waals surface area contributed by atoms with Crippen molar-refractivity contribution in [2.75, 3.05) is 13.1 Å². The molecule has 1 unspecified atom stereocenters. The molecular formula is C21H26N4O2. The smallest absolute Gasteiger partial charge is 0.239 e. The standard InChI is InChI=1S/C21H26N4O2/c26-20(15-24-21(27)18-11-5-7-13-23-18)25-19(16-8-2-1-3-9-16)14-17-10-4-6-12-22-17/h1-4,6,8-10,12,18-19,23H,5,7,11,13-15H2,(H,24,27)(H,25,26)/t18-,19?/m0/s1. The topological polar surface area (TPSA) is 83.1 Å². The van der Waals surface area contributed by atoms with Crippen molar-refractivity contribution in [3.63, 3.8) is 0 Å². The SMILES string of the molecule is O=C(CNC(=O)[C@@H]1CCCCN1)NC(Cc1ccccn1)c1ccccc1. The van der Waals surface area contributed by atoms with Gasteiger partial charge in [0, 0.05) is 18.3 Å². The van der Waals surface area contributed by atoms with Gasteiger partial charge < -0.3 is 16.0 Å². The van der Waals surface area contributed by atoms with Crippen LogP contribution in [-0.4, -0.2) is 35.9 Å². The lowest BCUT2D eigenvalue weighted by atomic mass is 10.0. The van der Waals surface area contributed by atoms with Crippen LogP contribution < -0.4 is 16.0 Å². The number of aromatic nitrogens is 1. The predicted molar refractivity (Wildman–Crippen MR) is 104 cm³/mol. The summed E-state index contributed by atoms with van der Waals surface area (Å²) in [6, 6.07) is 15.2. The number of nitrogens with one attached hydrogen (secondary N) is 3. The number of rotatable bonds is 7. The Bertz CT molecular complexity index is 730. The van der Waals surface area contributed by atoms with Gasteiger partial charge in [0.1, 0.15) is 0 Å². The Labute approximate surface area is 159 Å². The Morgan fingerprint density at radius 3 is 2.63 bits per heavy atom. The van der Waals surface area contributed by atoms with Crippen LogP contribution in [0.4, 0.5) is 0 Å². The molecule has 2 amide bonds. The van der Waals surface area contributed by atoms with E-state index in [1.165, 1.54) is 0 Å². The van der Waals surface area contributed by atoms with E-state index in [4.69, 9.17) is 0 Å². The lowest BCUT2D eigenvalue weighted by molar-refractivity contribution is -0.128. The van der Waals surface area contributed by atoms with Gasteiger partial charge in [-0.15, -0.1) is 0 Å². The van der Waals surface area contributed by atoms with Crippen molar-refractivity contribution in [1.82, 2.24) is 20.9 Å². The molecule has 1 fully saturated rings. The molecule has 1 saturated heterocycles. The van der Waals surface area contributed by atoms with Crippen LogP contribution in [0.5, 0.6) is 0 Å². The molecule has 1 aromatic carbocycles. The molecule has 0 radical (unpaired) electrons. The van der Waals surface area contributed by atoms with Crippen LogP contribution in [-0.2, 0) is 16.0 Å². The maximum atomic E-state index is 12.4. The third-order valence-electron chi connectivity index (χ3n) is 4.73. The summed E-state index contributed by atoms with van der Waals surface area (Å²) < 4.78 is 0. The molecule has 3 N–H and O–H groups in total. The molecule has 2 aromatic rings. The van der Waals surface area contributed by atoms with E-state index in [1.807, 2.05) is 48.5 Å². The Morgan fingerprint density at radius 1 is 1.11 bits per heavy atom. The number of piperidine rings is 1. The zero-order valence-corrected chi connectivity index (χ0v) is 15.4. The quantitative estimate of drug-likeness (QED) is 0.697. The van der Waals surface area contributed by atoms with Gasteiger partial charge in [0.25, 0.3) is 0 Å². The molecule has 3 rings (SSSR count). The second kappa shape index (κ2) is 9.83. The second-order valence-corrected chi connectivity index (χ2v) is 6.78. The van der Waals surface area contributed by atoms with E-state index >= 15 is 0 Å². The van der Waals surface area contributed by atoms with Gasteiger partial charge in [0.15, 0.2) is 0 Å². The summed E-state index contributed by atoms with van der Waals surface area (Å²) in [6.45, 7) is 0.826. The first kappa shape index (κ1) is 19.0. The Morgan fingerprint density at radius 2 is 1.93 bits per heavy atom. The van der Waals surface area contributed by atoms with E-state index in [9.17, 15) is 9.59 Å². The Balaban J connectivity index is 1.57. The number of benzene rings is 1. The second-order valence-electron chi connectivity index (χ2n) is 6.78. The molecule has 1 aliphatic heterocycles. The van der Waals surface area contributed by atoms with Gasteiger partial charge >= 0.3 is 0 Å². The van der Waals surface area contributed by atoms with Crippen molar-refractivity contribution in [2.24, 2.45) is 0 Å². The van der Waals surface area contributed by atoms with Crippen molar-refractivity contribution < 1.29 is 9.59 Å². The van der Waals surface area contributed by atoms with Crippen LogP contribution in [0.1, 0.15) is 36.6 Å². The van der Waals surface area contributed by atoms with Gasteiger partial charge in [-0.05, 0) is 37.1 Å². The number of hydrogen-bond acceptors (Lipinski definition) is 4. The van der Waals surface area contributed by atoms with Crippen molar-refractivity contribution in [2.45, 2.75) is 37.8 Å². The van der Waals surface area contributed by atoms with Crippen LogP contribution in [0, 0.1) is 0 Å². The molecule has 6 heteroatoms. The molecule has 0 aliphatic carbocycles. The summed E-state index contributed by atoms with van der Waals surface area (Å²) in [5.74, 6) is -0.310. The maximum Gasteiger partial charge on any atom is 0.239 e. The van der Waals surface area contributed by atoms with Gasteiger partial charge in [-0.25, -0.2) is 0 Å². The van der Waals surface area contributed by atoms with Crippen molar-refractivity contribution in [1.29, 1.82) is 0 Å². The minimum Gasteiger partial charge on any atom is -0.347 e. The lowest BCUT2D eigenvalue weighted by Crippen LogP contribution is -2.49. The van der Waals surface area contributed by atoms with E-state index in [-0.39, 0.29) is 30.4 Å². The van der Waals surface area contributed by atoms with Crippen LogP contribution >= 0.6 is 0 Å². The number of hydrogen-bond donors (Lipinski definition) is 3. The van der Waals surface area contributed by atoms with E-state index in [0.717, 1.165) is 37.1 Å². The molecule has 142 valence electrons. The Hall–Kier alpha value is -2.73. The van der Waals surface area contributed by atoms with Gasteiger partial charge in [0.05, 0.1) is 18.6 Å². The molecule has 2 atom stereocenters. The minimum atomic E-state index is -0.205. The number of nitrogens with zero attached hydrogens (tertiary/aromatic N) is 1. The predicted octanol–water partition coefficient (Wildman–Crippen LogP) is 1.74. The third kappa shape index (κ3) is 5.89. The highest BCUT2D eigenvalue weighted by atomic mass is 16.2. The van der Waals surface area contributed by atoms with Crippen LogP contribution in [0.2, 0.25) is 0 Å². The molecule has 0 bridgehead atoms. The number of amides is 2. The van der Waals surface area contributed by atoms with E-state index < -0.39 is 0 Å². The van der Waals surface area contributed by atoms with Gasteiger partial charge in [-0.3, -0.25) is 14.6 Å². The summed E-state index contributed by atoms with van der Waals surface area (Å²) >= 11 is 0. The van der Waals surface area contributed by atoms with Gasteiger partial charge in [0.2, 0.25) is 11.8 Å². The normalized spacial score (nSPS) is 17.7. The highest BCUT2D eigenvalue weighted by Gasteiger charge is 2.21. The summed E-state index contributed by atoms with van der Waals surface area (Å²) in [6.07, 6.45) is 5.29. The van der Waals surface area contributed by atoms with E-state index in [0.29, 0.717) is 6.42 Å². The van der Waals surface area contributed by atoms with Crippen LogP contribution in [0.15, 0.2) is 54.7 Å². The minimum absolute atomic E-state index is 0.0252. The summed E-state index contributed by atoms with van der Waals surface area (Å²) in [5.41, 5.74) is 1.92. The average molecular weight is 366 g/mol. The highest BCUT2D eigenvalue weighted by Crippen LogP contribution is 2.17. The summed E-state index contributed by atoms with van der Waals surface area (Å²) in [4.78, 5) is 29.0. The van der Waals surface area contributed by atoms with Gasteiger partial charge in [-0.2, -0.15) is 0 Å². The summed E-state index contributed by atoms with van der Waals surface area (Å²) in [5, 5.41) is 8.96. The lowest BCUT2D eigenvalue weighted by Gasteiger charge is -2.23. The molecular weight excluding hydrogens is 340 g/mol. The molecule has 0 saturated carbocycles. The van der Waals surface area contributed by atoms with Gasteiger partial charge in [-0.1, -0.05) is 42.8 Å². The Kier molecular flexibility index (Phi) is 6.93. The zero-order chi connectivity index (χ0) is 18.9. The maximum absolute atomic E-state index is 12.4. The first-order valence-corrected chi connectivity index (χ1v) is 9.47. The fourth-order valence-electron chi connectivity index (χ4n) is 3.28. The summed E-state index contributed by atoms with van der Waals surface area (Å²) in [7, 11) is 0. The highest BCUT2D eigenvalue weighted by molar-refractivity contribution is 5.87. The van der Waals surface area contributed by atoms with Crippen molar-refractivity contribution in [3.8, 4) is 0 Å². The third-order valence-corrected chi connectivity index (χ3v) is 4.73. The first-order chi connectivity index (χ1) is 13.2. The van der Waals surface area contributed by atoms with E-state index in [2.05, 4.69) is 20.9 Å². The molecule has 1 aromatic heterocycles. The van der Waals surface area contributed by atoms with Crippen LogP contribution in [0.3, 0.4) is 0 Å². The van der Waals surface area contributed by atoms with Crippen molar-refractivity contribution in [3.05, 3.63) is 66.0 Å². The fraction of sp³-hybridized carbons (Fsp3) is 0.381. The monoisotopic (exact) mass is 366 g/mol. The fourth-order valence-corrected chi connectivity index (χ4v) is 3.28. The largest absolute Gasteiger partial charge is 0.347 e. The zero-order valence-electron chi connectivity index (χ0n) is 15.4. The van der Waals surface area contributed by atoms with Crippen LogP contribution in [0.25, 0.3) is 0 Å². The molecule has 0 spiro atoms. The molecule has 27 heavy (non-hydrogen) atoms. The molecule has 6 nitrogen and oxygen atoms in total. The number of carbonyl (C=O) groups excluding carboxylic acids is 2. The molecule has 2 heterocycles. The van der Waals surface area contributed by atoms with Crippen molar-refractivity contribution >= 4 is 11.8 Å². The average Bonchev–Trinajstić information content (AvgIpc) is 2.73. The first-order valence-electron chi connectivity index (χ1n) is 9.47. The molecule has 1 aliphatic rings.